The summed E-state index contributed by atoms with van der Waals surface area (Å²) in [7, 11) is 0. The number of rotatable bonds is 3. The van der Waals surface area contributed by atoms with E-state index in [9.17, 15) is 4.79 Å². The van der Waals surface area contributed by atoms with Crippen LogP contribution in [0, 0.1) is 12.3 Å². The number of hydrogen-bond acceptors (Lipinski definition) is 3. The van der Waals surface area contributed by atoms with Gasteiger partial charge in [-0.05, 0) is 44.0 Å². The number of aryl methyl sites for hydroxylation is 1. The third-order valence-electron chi connectivity index (χ3n) is 3.82. The monoisotopic (exact) mass is 240 g/mol. The molecule has 92 valence electrons. The number of Topliss-reactive ketones (excluding diaryl/α,β-unsaturated/α-hetero) is 1. The predicted molar refractivity (Wildman–Crippen MR) is 71.5 cm³/mol. The van der Waals surface area contributed by atoms with E-state index in [0.717, 1.165) is 35.0 Å². The van der Waals surface area contributed by atoms with Crippen LogP contribution in [0.5, 0.6) is 0 Å². The zero-order valence-electron chi connectivity index (χ0n) is 10.4. The number of ketones is 1. The first kappa shape index (κ1) is 11.4. The highest BCUT2D eigenvalue weighted by molar-refractivity contribution is 6.04. The first-order chi connectivity index (χ1) is 8.64. The number of fused-ring (bicyclic) bond motifs is 1. The van der Waals surface area contributed by atoms with Crippen LogP contribution in [-0.2, 0) is 0 Å². The normalized spacial score (nSPS) is 16.8. The molecule has 1 aromatic carbocycles. The second-order valence-electron chi connectivity index (χ2n) is 5.17. The van der Waals surface area contributed by atoms with Gasteiger partial charge in [0.05, 0.1) is 5.52 Å². The van der Waals surface area contributed by atoms with Crippen molar-refractivity contribution >= 4 is 16.7 Å². The number of carbonyl (C=O) groups excluding carboxylic acids is 1. The molecule has 1 heterocycles. The van der Waals surface area contributed by atoms with Gasteiger partial charge in [-0.1, -0.05) is 6.07 Å². The first-order valence-electron chi connectivity index (χ1n) is 6.27. The molecule has 0 atom stereocenters. The number of nitrogens with two attached hydrogens (primary N) is 1. The van der Waals surface area contributed by atoms with Crippen molar-refractivity contribution in [1.29, 1.82) is 0 Å². The summed E-state index contributed by atoms with van der Waals surface area (Å²) in [5.74, 6) is 0.187. The predicted octanol–water partition coefficient (Wildman–Crippen LogP) is 2.46. The molecule has 3 rings (SSSR count). The number of benzene rings is 1. The molecule has 0 spiro atoms. The van der Waals surface area contributed by atoms with Gasteiger partial charge in [0, 0.05) is 28.6 Å². The lowest BCUT2D eigenvalue weighted by atomic mass is 9.94. The van der Waals surface area contributed by atoms with Gasteiger partial charge in [0.15, 0.2) is 5.78 Å². The van der Waals surface area contributed by atoms with Crippen LogP contribution in [0.25, 0.3) is 10.9 Å². The van der Waals surface area contributed by atoms with Gasteiger partial charge >= 0.3 is 0 Å². The summed E-state index contributed by atoms with van der Waals surface area (Å²) in [5.41, 5.74) is 8.12. The molecule has 0 radical (unpaired) electrons. The van der Waals surface area contributed by atoms with Crippen molar-refractivity contribution < 1.29 is 4.79 Å². The quantitative estimate of drug-likeness (QED) is 0.838. The van der Waals surface area contributed by atoms with Crippen LogP contribution in [0.3, 0.4) is 0 Å². The molecular formula is C15H16N2O. The molecule has 0 bridgehead atoms. The summed E-state index contributed by atoms with van der Waals surface area (Å²) in [4.78, 5) is 16.8. The lowest BCUT2D eigenvalue weighted by molar-refractivity contribution is 0.0906. The summed E-state index contributed by atoms with van der Waals surface area (Å²) in [6.07, 6.45) is 1.85. The highest BCUT2D eigenvalue weighted by Gasteiger charge is 2.48. The van der Waals surface area contributed by atoms with Gasteiger partial charge in [0.1, 0.15) is 0 Å². The van der Waals surface area contributed by atoms with Crippen molar-refractivity contribution in [1.82, 2.24) is 4.98 Å². The molecule has 1 aromatic heterocycles. The minimum atomic E-state index is -0.272. The standard InChI is InChI=1S/C15H16N2O/c1-10-2-3-11-8-12(4-5-13(11)17-10)14(18)15(9-16)6-7-15/h2-5,8H,6-7,9,16H2,1H3. The fourth-order valence-corrected chi connectivity index (χ4v) is 2.35. The third kappa shape index (κ3) is 1.71. The van der Waals surface area contributed by atoms with E-state index in [1.54, 1.807) is 0 Å². The average Bonchev–Trinajstić information content (AvgIpc) is 3.18. The Morgan fingerprint density at radius 3 is 2.78 bits per heavy atom. The third-order valence-corrected chi connectivity index (χ3v) is 3.82. The minimum absolute atomic E-state index is 0.187. The summed E-state index contributed by atoms with van der Waals surface area (Å²) >= 11 is 0. The fraction of sp³-hybridized carbons (Fsp3) is 0.333. The van der Waals surface area contributed by atoms with Crippen LogP contribution in [0.15, 0.2) is 30.3 Å². The maximum atomic E-state index is 12.4. The Labute approximate surface area is 106 Å². The summed E-state index contributed by atoms with van der Waals surface area (Å²) in [6.45, 7) is 2.42. The smallest absolute Gasteiger partial charge is 0.170 e. The van der Waals surface area contributed by atoms with Crippen molar-refractivity contribution in [3.8, 4) is 0 Å². The Kier molecular flexibility index (Phi) is 2.45. The van der Waals surface area contributed by atoms with Gasteiger partial charge in [-0.15, -0.1) is 0 Å². The van der Waals surface area contributed by atoms with Crippen LogP contribution in [0.4, 0.5) is 0 Å². The molecule has 18 heavy (non-hydrogen) atoms. The van der Waals surface area contributed by atoms with Crippen LogP contribution < -0.4 is 5.73 Å². The number of hydrogen-bond donors (Lipinski definition) is 1. The second-order valence-corrected chi connectivity index (χ2v) is 5.17. The zero-order chi connectivity index (χ0) is 12.8. The Bertz CT molecular complexity index is 629. The second kappa shape index (κ2) is 3.89. The van der Waals surface area contributed by atoms with E-state index in [-0.39, 0.29) is 11.2 Å². The number of carbonyl (C=O) groups is 1. The van der Waals surface area contributed by atoms with E-state index in [0.29, 0.717) is 6.54 Å². The molecule has 0 amide bonds. The molecule has 1 aliphatic rings. The fourth-order valence-electron chi connectivity index (χ4n) is 2.35. The van der Waals surface area contributed by atoms with Gasteiger partial charge in [0.2, 0.25) is 0 Å². The van der Waals surface area contributed by atoms with Crippen LogP contribution in [0.1, 0.15) is 28.9 Å². The Morgan fingerprint density at radius 2 is 2.11 bits per heavy atom. The van der Waals surface area contributed by atoms with Gasteiger partial charge in [-0.25, -0.2) is 0 Å². The largest absolute Gasteiger partial charge is 0.329 e. The van der Waals surface area contributed by atoms with Crippen molar-refractivity contribution in [2.45, 2.75) is 19.8 Å². The summed E-state index contributed by atoms with van der Waals surface area (Å²) in [5, 5.41) is 1.01. The van der Waals surface area contributed by atoms with Crippen molar-refractivity contribution in [2.75, 3.05) is 6.54 Å². The van der Waals surface area contributed by atoms with Crippen LogP contribution in [-0.4, -0.2) is 17.3 Å². The van der Waals surface area contributed by atoms with E-state index in [4.69, 9.17) is 5.73 Å². The van der Waals surface area contributed by atoms with Gasteiger partial charge in [-0.3, -0.25) is 9.78 Å². The molecular weight excluding hydrogens is 224 g/mol. The molecule has 1 saturated carbocycles. The molecule has 1 fully saturated rings. The van der Waals surface area contributed by atoms with Crippen LogP contribution in [0.2, 0.25) is 0 Å². The van der Waals surface area contributed by atoms with E-state index >= 15 is 0 Å². The minimum Gasteiger partial charge on any atom is -0.329 e. The molecule has 2 N–H and O–H groups in total. The first-order valence-corrected chi connectivity index (χ1v) is 6.27. The van der Waals surface area contributed by atoms with Crippen molar-refractivity contribution in [3.63, 3.8) is 0 Å². The lowest BCUT2D eigenvalue weighted by Crippen LogP contribution is -2.25. The Morgan fingerprint density at radius 1 is 1.33 bits per heavy atom. The number of aromatic nitrogens is 1. The highest BCUT2D eigenvalue weighted by atomic mass is 16.1. The Hall–Kier alpha value is -1.74. The molecule has 3 nitrogen and oxygen atoms in total. The van der Waals surface area contributed by atoms with E-state index in [2.05, 4.69) is 4.98 Å². The molecule has 2 aromatic rings. The van der Waals surface area contributed by atoms with E-state index < -0.39 is 0 Å². The molecule has 3 heteroatoms. The van der Waals surface area contributed by atoms with Crippen LogP contribution >= 0.6 is 0 Å². The topological polar surface area (TPSA) is 56.0 Å². The van der Waals surface area contributed by atoms with Crippen molar-refractivity contribution in [2.24, 2.45) is 11.1 Å². The van der Waals surface area contributed by atoms with Gasteiger partial charge < -0.3 is 5.73 Å². The number of pyridine rings is 1. The summed E-state index contributed by atoms with van der Waals surface area (Å²) in [6, 6.07) is 9.69. The van der Waals surface area contributed by atoms with Crippen molar-refractivity contribution in [3.05, 3.63) is 41.6 Å². The maximum absolute atomic E-state index is 12.4. The van der Waals surface area contributed by atoms with Gasteiger partial charge in [0.25, 0.3) is 0 Å². The molecule has 0 unspecified atom stereocenters. The number of nitrogens with zero attached hydrogens (tertiary/aromatic N) is 1. The summed E-state index contributed by atoms with van der Waals surface area (Å²) < 4.78 is 0. The zero-order valence-corrected chi connectivity index (χ0v) is 10.4. The highest BCUT2D eigenvalue weighted by Crippen LogP contribution is 2.47. The average molecular weight is 240 g/mol. The molecule has 0 saturated heterocycles. The van der Waals surface area contributed by atoms with E-state index in [1.807, 2.05) is 37.3 Å². The molecule has 1 aliphatic carbocycles. The SMILES string of the molecule is Cc1ccc2cc(C(=O)C3(CN)CC3)ccc2n1. The lowest BCUT2D eigenvalue weighted by Gasteiger charge is -2.11. The molecule has 0 aliphatic heterocycles. The van der Waals surface area contributed by atoms with E-state index in [1.165, 1.54) is 0 Å². The Balaban J connectivity index is 2.03. The van der Waals surface area contributed by atoms with Gasteiger partial charge in [-0.2, -0.15) is 0 Å². The maximum Gasteiger partial charge on any atom is 0.170 e.